The summed E-state index contributed by atoms with van der Waals surface area (Å²) in [5, 5.41) is 0. The number of aliphatic imine (C=N–C) groups is 1. The van der Waals surface area contributed by atoms with Crippen molar-refractivity contribution < 1.29 is 14.3 Å². The Morgan fingerprint density at radius 1 is 1.04 bits per heavy atom. The summed E-state index contributed by atoms with van der Waals surface area (Å²) in [5.74, 6) is 1.46. The molecule has 0 saturated carbocycles. The monoisotopic (exact) mass is 621 g/mol. The molecule has 8 heteroatoms. The Labute approximate surface area is 272 Å². The van der Waals surface area contributed by atoms with Crippen LogP contribution in [0.1, 0.15) is 94.7 Å². The van der Waals surface area contributed by atoms with E-state index < -0.39 is 12.2 Å². The number of carbonyl (C=O) groups is 1. The van der Waals surface area contributed by atoms with Gasteiger partial charge < -0.3 is 24.0 Å². The van der Waals surface area contributed by atoms with Gasteiger partial charge in [0.1, 0.15) is 17.7 Å². The quantitative estimate of drug-likeness (QED) is 0.0908. The molecule has 4 aromatic heterocycles. The first-order valence-electron chi connectivity index (χ1n) is 16.6. The molecule has 0 radical (unpaired) electrons. The second-order valence-electron chi connectivity index (χ2n) is 11.8. The molecule has 5 heterocycles. The molecule has 0 aromatic carbocycles. The zero-order valence-electron chi connectivity index (χ0n) is 27.4. The third-order valence-corrected chi connectivity index (χ3v) is 8.27. The van der Waals surface area contributed by atoms with Gasteiger partial charge in [-0.15, -0.1) is 6.58 Å². The molecular weight excluding hydrogens is 574 g/mol. The molecule has 0 fully saturated rings. The van der Waals surface area contributed by atoms with Crippen LogP contribution in [0.2, 0.25) is 0 Å². The van der Waals surface area contributed by atoms with Gasteiger partial charge in [-0.3, -0.25) is 4.99 Å². The minimum Gasteiger partial charge on any atom is -0.492 e. The molecule has 5 rings (SSSR count). The predicted octanol–water partition coefficient (Wildman–Crippen LogP) is 10.1. The smallest absolute Gasteiger partial charge is 0.419 e. The molecule has 1 atom stereocenters. The highest BCUT2D eigenvalue weighted by Gasteiger charge is 2.26. The highest BCUT2D eigenvalue weighted by molar-refractivity contribution is 5.99. The summed E-state index contributed by atoms with van der Waals surface area (Å²) < 4.78 is 15.8. The lowest BCUT2D eigenvalue weighted by atomic mass is 10.1. The number of aryl methyl sites for hydroxylation is 1. The van der Waals surface area contributed by atoms with Crippen LogP contribution in [0.15, 0.2) is 90.5 Å². The average molecular weight is 622 g/mol. The minimum atomic E-state index is -0.518. The number of nitrogens with one attached hydrogen (secondary N) is 2. The van der Waals surface area contributed by atoms with Gasteiger partial charge in [0.15, 0.2) is 0 Å². The van der Waals surface area contributed by atoms with Gasteiger partial charge in [0.2, 0.25) is 0 Å². The number of aromatic amines is 2. The molecule has 0 bridgehead atoms. The third-order valence-electron chi connectivity index (χ3n) is 8.27. The number of rotatable bonds is 17. The first kappa shape index (κ1) is 32.7. The largest absolute Gasteiger partial charge is 0.492 e. The highest BCUT2D eigenvalue weighted by Crippen LogP contribution is 2.35. The number of allylic oxidation sites excluding steroid dienone is 3. The second kappa shape index (κ2) is 16.0. The van der Waals surface area contributed by atoms with Crippen molar-refractivity contribution in [3.05, 3.63) is 102 Å². The maximum absolute atomic E-state index is 14.1. The molecule has 0 amide bonds. The van der Waals surface area contributed by atoms with Crippen molar-refractivity contribution >= 4 is 17.9 Å². The predicted molar refractivity (Wildman–Crippen MR) is 187 cm³/mol. The Bertz CT molecular complexity index is 1680. The Balaban J connectivity index is 1.35. The van der Waals surface area contributed by atoms with Crippen molar-refractivity contribution in [2.24, 2.45) is 4.99 Å². The highest BCUT2D eigenvalue weighted by atomic mass is 16.6. The van der Waals surface area contributed by atoms with E-state index in [0.29, 0.717) is 23.7 Å². The van der Waals surface area contributed by atoms with Crippen LogP contribution in [0.3, 0.4) is 0 Å². The first-order chi connectivity index (χ1) is 22.5. The SMILES string of the molecule is C=CCCCCCCCCCC1=NC(=Cc2c(OCC)cc(-c3ccc(C)[nH]3)n2C(=O)OC(C)c2cc[nH]c2-n2cccc2)C=C1. The van der Waals surface area contributed by atoms with E-state index in [1.54, 1.807) is 4.57 Å². The van der Waals surface area contributed by atoms with Crippen LogP contribution in [-0.2, 0) is 4.74 Å². The summed E-state index contributed by atoms with van der Waals surface area (Å²) in [5.41, 5.74) is 5.78. The summed E-state index contributed by atoms with van der Waals surface area (Å²) >= 11 is 0. The van der Waals surface area contributed by atoms with Crippen molar-refractivity contribution in [1.82, 2.24) is 19.1 Å². The van der Waals surface area contributed by atoms with Crippen LogP contribution >= 0.6 is 0 Å². The minimum absolute atomic E-state index is 0.455. The number of nitrogens with zero attached hydrogens (tertiary/aromatic N) is 3. The van der Waals surface area contributed by atoms with E-state index in [4.69, 9.17) is 14.5 Å². The molecule has 242 valence electrons. The van der Waals surface area contributed by atoms with Crippen molar-refractivity contribution in [3.63, 3.8) is 0 Å². The molecule has 0 aliphatic carbocycles. The van der Waals surface area contributed by atoms with E-state index in [1.165, 1.54) is 38.5 Å². The lowest BCUT2D eigenvalue weighted by Gasteiger charge is -2.17. The molecule has 0 spiro atoms. The van der Waals surface area contributed by atoms with E-state index in [1.807, 2.05) is 98.6 Å². The average Bonchev–Trinajstić information content (AvgIpc) is 3.88. The van der Waals surface area contributed by atoms with Gasteiger partial charge in [0, 0.05) is 41.6 Å². The van der Waals surface area contributed by atoms with Crippen LogP contribution in [0.25, 0.3) is 23.3 Å². The van der Waals surface area contributed by atoms with Gasteiger partial charge in [-0.2, -0.15) is 0 Å². The van der Waals surface area contributed by atoms with E-state index >= 15 is 0 Å². The number of aromatic nitrogens is 4. The normalized spacial score (nSPS) is 14.2. The lowest BCUT2D eigenvalue weighted by Crippen LogP contribution is -2.19. The third kappa shape index (κ3) is 8.10. The first-order valence-corrected chi connectivity index (χ1v) is 16.6. The van der Waals surface area contributed by atoms with Gasteiger partial charge in [0.05, 0.1) is 29.4 Å². The van der Waals surface area contributed by atoms with E-state index in [9.17, 15) is 4.79 Å². The van der Waals surface area contributed by atoms with E-state index in [2.05, 4.69) is 22.6 Å². The summed E-state index contributed by atoms with van der Waals surface area (Å²) in [7, 11) is 0. The topological polar surface area (TPSA) is 89.3 Å². The molecular formula is C38H47N5O3. The summed E-state index contributed by atoms with van der Waals surface area (Å²) in [6, 6.07) is 11.7. The van der Waals surface area contributed by atoms with Crippen molar-refractivity contribution in [1.29, 1.82) is 0 Å². The van der Waals surface area contributed by atoms with Gasteiger partial charge in [0.25, 0.3) is 0 Å². The number of ether oxygens (including phenoxy) is 2. The Hall–Kier alpha value is -4.72. The Morgan fingerprint density at radius 3 is 2.52 bits per heavy atom. The van der Waals surface area contributed by atoms with Crippen LogP contribution < -0.4 is 4.74 Å². The number of hydrogen-bond donors (Lipinski definition) is 2. The second-order valence-corrected chi connectivity index (χ2v) is 11.8. The number of hydrogen-bond acceptors (Lipinski definition) is 4. The molecule has 46 heavy (non-hydrogen) atoms. The maximum Gasteiger partial charge on any atom is 0.419 e. The molecule has 1 unspecified atom stereocenters. The molecule has 2 N–H and O–H groups in total. The van der Waals surface area contributed by atoms with Gasteiger partial charge in [-0.05, 0) is 95.0 Å². The zero-order valence-corrected chi connectivity index (χ0v) is 27.4. The lowest BCUT2D eigenvalue weighted by molar-refractivity contribution is 0.108. The number of unbranched alkanes of at least 4 members (excludes halogenated alkanes) is 7. The number of H-pyrrole nitrogens is 2. The Kier molecular flexibility index (Phi) is 11.4. The van der Waals surface area contributed by atoms with Crippen LogP contribution in [0, 0.1) is 6.92 Å². The fourth-order valence-corrected chi connectivity index (χ4v) is 5.89. The molecule has 0 saturated heterocycles. The maximum atomic E-state index is 14.1. The van der Waals surface area contributed by atoms with Crippen LogP contribution in [0.4, 0.5) is 4.79 Å². The number of carbonyl (C=O) groups excluding carboxylic acids is 1. The van der Waals surface area contributed by atoms with Crippen molar-refractivity contribution in [3.8, 4) is 23.0 Å². The standard InChI is InChI=1S/C38H47N5O3/c1-5-7-8-9-10-11-12-13-14-17-30-19-20-31(41-30)26-35-36(45-6-2)27-34(33-21-18-28(3)40-33)43(35)38(44)46-29(4)32-22-23-39-37(32)42-24-15-16-25-42/h5,15-16,18-27,29,39-40H,1,6-14,17H2,2-4H3. The van der Waals surface area contributed by atoms with Crippen molar-refractivity contribution in [2.45, 2.75) is 84.7 Å². The molecule has 8 nitrogen and oxygen atoms in total. The fourth-order valence-electron chi connectivity index (χ4n) is 5.89. The van der Waals surface area contributed by atoms with E-state index in [0.717, 1.165) is 53.4 Å². The Morgan fingerprint density at radius 2 is 1.80 bits per heavy atom. The van der Waals surface area contributed by atoms with Crippen molar-refractivity contribution in [2.75, 3.05) is 6.61 Å². The summed E-state index contributed by atoms with van der Waals surface area (Å²) in [6.07, 6.45) is 23.6. The fraction of sp³-hybridized carbons (Fsp3) is 0.368. The summed E-state index contributed by atoms with van der Waals surface area (Å²) in [4.78, 5) is 25.6. The molecule has 1 aliphatic heterocycles. The summed E-state index contributed by atoms with van der Waals surface area (Å²) in [6.45, 7) is 10.1. The molecule has 4 aromatic rings. The van der Waals surface area contributed by atoms with E-state index in [-0.39, 0.29) is 0 Å². The molecule has 1 aliphatic rings. The zero-order chi connectivity index (χ0) is 32.3. The van der Waals surface area contributed by atoms with Gasteiger partial charge in [-0.25, -0.2) is 9.36 Å². The van der Waals surface area contributed by atoms with Gasteiger partial charge in [-0.1, -0.05) is 38.2 Å². The van der Waals surface area contributed by atoms with Crippen LogP contribution in [-0.4, -0.2) is 37.5 Å². The van der Waals surface area contributed by atoms with Gasteiger partial charge >= 0.3 is 6.09 Å². The van der Waals surface area contributed by atoms with Crippen LogP contribution in [0.5, 0.6) is 5.75 Å².